The molecular weight excluding hydrogens is 370 g/mol. The van der Waals surface area contributed by atoms with Gasteiger partial charge in [0.2, 0.25) is 0 Å². The maximum atomic E-state index is 12.7. The highest BCUT2D eigenvalue weighted by Crippen LogP contribution is 2.59. The summed E-state index contributed by atoms with van der Waals surface area (Å²) in [6.07, 6.45) is -1.11. The standard InChI is InChI=1S/C19H27NO8/c1-3-25-10(2)26-18(22)14-11-8-12-15(14)19(23)28-17(12)16(11)27-13(21)9-20-4-6-24-7-5-20/h10-12,14-17H,3-9H2,1-2H3. The van der Waals surface area contributed by atoms with Gasteiger partial charge in [0, 0.05) is 31.5 Å². The van der Waals surface area contributed by atoms with Crippen LogP contribution in [0.5, 0.6) is 0 Å². The minimum Gasteiger partial charge on any atom is -0.458 e. The van der Waals surface area contributed by atoms with Gasteiger partial charge < -0.3 is 23.7 Å². The molecule has 2 heterocycles. The van der Waals surface area contributed by atoms with Gasteiger partial charge in [-0.3, -0.25) is 19.3 Å². The Morgan fingerprint density at radius 3 is 2.71 bits per heavy atom. The summed E-state index contributed by atoms with van der Waals surface area (Å²) in [7, 11) is 0. The highest BCUT2D eigenvalue weighted by atomic mass is 16.7. The quantitative estimate of drug-likeness (QED) is 0.333. The Labute approximate surface area is 163 Å². The van der Waals surface area contributed by atoms with Crippen LogP contribution < -0.4 is 0 Å². The zero-order chi connectivity index (χ0) is 19.8. The van der Waals surface area contributed by atoms with Crippen molar-refractivity contribution < 1.29 is 38.1 Å². The normalized spacial score (nSPS) is 37.6. The molecule has 0 aromatic carbocycles. The summed E-state index contributed by atoms with van der Waals surface area (Å²) in [5.41, 5.74) is 0. The van der Waals surface area contributed by atoms with Gasteiger partial charge in [0.1, 0.15) is 12.2 Å². The molecule has 28 heavy (non-hydrogen) atoms. The van der Waals surface area contributed by atoms with E-state index in [1.165, 1.54) is 0 Å². The minimum absolute atomic E-state index is 0.0985. The van der Waals surface area contributed by atoms with Crippen LogP contribution >= 0.6 is 0 Å². The lowest BCUT2D eigenvalue weighted by Crippen LogP contribution is -2.46. The van der Waals surface area contributed by atoms with Crippen molar-refractivity contribution >= 4 is 17.9 Å². The number of hydrogen-bond acceptors (Lipinski definition) is 9. The Morgan fingerprint density at radius 1 is 1.25 bits per heavy atom. The van der Waals surface area contributed by atoms with E-state index >= 15 is 0 Å². The average molecular weight is 397 g/mol. The van der Waals surface area contributed by atoms with Crippen LogP contribution in [0.3, 0.4) is 0 Å². The van der Waals surface area contributed by atoms with Gasteiger partial charge in [0.05, 0.1) is 31.6 Å². The molecule has 2 bridgehead atoms. The number of carbonyl (C=O) groups excluding carboxylic acids is 3. The van der Waals surface area contributed by atoms with Gasteiger partial charge in [-0.05, 0) is 20.3 Å². The number of esters is 3. The van der Waals surface area contributed by atoms with Crippen molar-refractivity contribution in [2.75, 3.05) is 39.5 Å². The Balaban J connectivity index is 1.42. The molecule has 0 radical (unpaired) electrons. The van der Waals surface area contributed by atoms with E-state index in [2.05, 4.69) is 0 Å². The average Bonchev–Trinajstić information content (AvgIpc) is 3.26. The molecule has 2 saturated heterocycles. The number of hydrogen-bond donors (Lipinski definition) is 0. The molecule has 4 aliphatic rings. The van der Waals surface area contributed by atoms with E-state index in [0.717, 1.165) is 0 Å². The Kier molecular flexibility index (Phi) is 5.57. The second-order valence-corrected chi connectivity index (χ2v) is 7.82. The Bertz CT molecular complexity index is 633. The van der Waals surface area contributed by atoms with Crippen LogP contribution in [0.1, 0.15) is 20.3 Å². The fourth-order valence-corrected chi connectivity index (χ4v) is 5.11. The van der Waals surface area contributed by atoms with Gasteiger partial charge in [-0.25, -0.2) is 0 Å². The molecule has 0 aromatic rings. The minimum atomic E-state index is -0.688. The third kappa shape index (κ3) is 3.51. The molecule has 7 atom stereocenters. The summed E-state index contributed by atoms with van der Waals surface area (Å²) in [4.78, 5) is 39.5. The van der Waals surface area contributed by atoms with Gasteiger partial charge in [0.25, 0.3) is 0 Å². The van der Waals surface area contributed by atoms with Crippen molar-refractivity contribution in [3.05, 3.63) is 0 Å². The largest absolute Gasteiger partial charge is 0.458 e. The Morgan fingerprint density at radius 2 is 2.00 bits per heavy atom. The maximum Gasteiger partial charge on any atom is 0.320 e. The van der Waals surface area contributed by atoms with Crippen molar-refractivity contribution in [2.45, 2.75) is 38.8 Å². The highest BCUT2D eigenvalue weighted by molar-refractivity contribution is 5.86. The van der Waals surface area contributed by atoms with E-state index < -0.39 is 42.3 Å². The van der Waals surface area contributed by atoms with Crippen LogP contribution in [-0.4, -0.2) is 80.8 Å². The molecule has 0 aromatic heterocycles. The van der Waals surface area contributed by atoms with E-state index in [-0.39, 0.29) is 24.3 Å². The molecule has 2 saturated carbocycles. The number of rotatable bonds is 7. The lowest BCUT2D eigenvalue weighted by molar-refractivity contribution is -0.186. The van der Waals surface area contributed by atoms with Crippen molar-refractivity contribution in [3.63, 3.8) is 0 Å². The van der Waals surface area contributed by atoms with E-state index in [1.807, 2.05) is 11.8 Å². The lowest BCUT2D eigenvalue weighted by Gasteiger charge is -2.32. The predicted molar refractivity (Wildman–Crippen MR) is 92.8 cm³/mol. The van der Waals surface area contributed by atoms with Gasteiger partial charge in [-0.15, -0.1) is 0 Å². The number of nitrogens with zero attached hydrogens (tertiary/aromatic N) is 1. The van der Waals surface area contributed by atoms with E-state index in [0.29, 0.717) is 39.3 Å². The molecule has 4 fully saturated rings. The topological polar surface area (TPSA) is 101 Å². The molecule has 0 spiro atoms. The first-order valence-electron chi connectivity index (χ1n) is 10.0. The number of ether oxygens (including phenoxy) is 5. The fourth-order valence-electron chi connectivity index (χ4n) is 5.11. The van der Waals surface area contributed by atoms with Crippen LogP contribution in [0, 0.1) is 23.7 Å². The third-order valence-corrected chi connectivity index (χ3v) is 6.23. The molecule has 2 aliphatic carbocycles. The van der Waals surface area contributed by atoms with Crippen molar-refractivity contribution in [1.82, 2.24) is 4.90 Å². The summed E-state index contributed by atoms with van der Waals surface area (Å²) in [5, 5.41) is 0. The van der Waals surface area contributed by atoms with Crippen LogP contribution in [0.2, 0.25) is 0 Å². The maximum absolute atomic E-state index is 12.7. The molecule has 7 unspecified atom stereocenters. The summed E-state index contributed by atoms with van der Waals surface area (Å²) in [5.74, 6) is -2.76. The van der Waals surface area contributed by atoms with Crippen LogP contribution in [0.4, 0.5) is 0 Å². The second kappa shape index (κ2) is 7.96. The molecule has 156 valence electrons. The fraction of sp³-hybridized carbons (Fsp3) is 0.842. The summed E-state index contributed by atoms with van der Waals surface area (Å²) in [6.45, 7) is 6.57. The molecule has 0 amide bonds. The van der Waals surface area contributed by atoms with Crippen molar-refractivity contribution in [1.29, 1.82) is 0 Å². The Hall–Kier alpha value is -1.71. The van der Waals surface area contributed by atoms with Crippen LogP contribution in [0.25, 0.3) is 0 Å². The predicted octanol–water partition coefficient (Wildman–Crippen LogP) is -0.0364. The summed E-state index contributed by atoms with van der Waals surface area (Å²) in [6, 6.07) is 0. The van der Waals surface area contributed by atoms with E-state index in [1.54, 1.807) is 6.92 Å². The van der Waals surface area contributed by atoms with Crippen LogP contribution in [-0.2, 0) is 38.1 Å². The molecule has 9 nitrogen and oxygen atoms in total. The number of fused-ring (bicyclic) bond motifs is 1. The summed E-state index contributed by atoms with van der Waals surface area (Å²) < 4.78 is 27.1. The molecule has 9 heteroatoms. The SMILES string of the molecule is CCOC(C)OC(=O)C1C2CC3C(OC(=O)C31)C2OC(=O)CN1CCOCC1. The molecule has 2 aliphatic heterocycles. The molecule has 0 N–H and O–H groups in total. The smallest absolute Gasteiger partial charge is 0.320 e. The molecule has 4 rings (SSSR count). The van der Waals surface area contributed by atoms with E-state index in [9.17, 15) is 14.4 Å². The van der Waals surface area contributed by atoms with Gasteiger partial charge in [0.15, 0.2) is 6.29 Å². The van der Waals surface area contributed by atoms with Crippen molar-refractivity contribution in [3.8, 4) is 0 Å². The van der Waals surface area contributed by atoms with Gasteiger partial charge in [-0.2, -0.15) is 0 Å². The first-order chi connectivity index (χ1) is 13.5. The van der Waals surface area contributed by atoms with Crippen LogP contribution in [0.15, 0.2) is 0 Å². The first-order valence-corrected chi connectivity index (χ1v) is 10.0. The number of carbonyl (C=O) groups is 3. The highest BCUT2D eigenvalue weighted by Gasteiger charge is 2.70. The first kappa shape index (κ1) is 19.6. The summed E-state index contributed by atoms with van der Waals surface area (Å²) >= 11 is 0. The lowest BCUT2D eigenvalue weighted by atomic mass is 9.78. The molecular formula is C19H27NO8. The number of morpholine rings is 1. The second-order valence-electron chi connectivity index (χ2n) is 7.82. The van der Waals surface area contributed by atoms with E-state index in [4.69, 9.17) is 23.7 Å². The van der Waals surface area contributed by atoms with Gasteiger partial charge in [-0.1, -0.05) is 0 Å². The third-order valence-electron chi connectivity index (χ3n) is 6.23. The zero-order valence-electron chi connectivity index (χ0n) is 16.2. The zero-order valence-corrected chi connectivity index (χ0v) is 16.2. The van der Waals surface area contributed by atoms with Crippen molar-refractivity contribution in [2.24, 2.45) is 23.7 Å². The van der Waals surface area contributed by atoms with Gasteiger partial charge >= 0.3 is 17.9 Å². The monoisotopic (exact) mass is 397 g/mol.